The first kappa shape index (κ1) is 7.44. The number of fused-ring (bicyclic) bond motifs is 2. The fourth-order valence-corrected chi connectivity index (χ4v) is 2.69. The summed E-state index contributed by atoms with van der Waals surface area (Å²) in [6.07, 6.45) is 7.06. The van der Waals surface area contributed by atoms with Gasteiger partial charge in [0.1, 0.15) is 0 Å². The highest BCUT2D eigenvalue weighted by atomic mass is 32.1. The number of aromatic nitrogens is 4. The second-order valence-electron chi connectivity index (χ2n) is 3.80. The molecule has 0 radical (unpaired) electrons. The lowest BCUT2D eigenvalue weighted by Gasteiger charge is -2.17. The van der Waals surface area contributed by atoms with Gasteiger partial charge in [-0.3, -0.25) is 0 Å². The predicted molar refractivity (Wildman–Crippen MR) is 49.6 cm³/mol. The molecule has 0 aromatic carbocycles. The van der Waals surface area contributed by atoms with Crippen LogP contribution in [0.25, 0.3) is 0 Å². The molecule has 2 aliphatic carbocycles. The molecule has 1 saturated carbocycles. The maximum Gasteiger partial charge on any atom is 0.238 e. The van der Waals surface area contributed by atoms with Crippen molar-refractivity contribution in [3.8, 4) is 0 Å². The molecule has 0 spiro atoms. The van der Waals surface area contributed by atoms with E-state index in [4.69, 9.17) is 12.2 Å². The fraction of sp³-hybridized carbons (Fsp3) is 0.625. The molecule has 0 aliphatic heterocycles. The van der Waals surface area contributed by atoms with Crippen LogP contribution < -0.4 is 0 Å². The largest absolute Gasteiger partial charge is 0.239 e. The predicted octanol–water partition coefficient (Wildman–Crippen LogP) is 1.47. The van der Waals surface area contributed by atoms with Crippen molar-refractivity contribution in [3.05, 3.63) is 16.9 Å². The van der Waals surface area contributed by atoms with E-state index in [1.165, 1.54) is 12.8 Å². The number of H-pyrrole nitrogens is 1. The second kappa shape index (κ2) is 2.51. The molecule has 5 heteroatoms. The van der Waals surface area contributed by atoms with Crippen molar-refractivity contribution in [2.75, 3.05) is 0 Å². The first-order valence-corrected chi connectivity index (χ1v) is 4.93. The van der Waals surface area contributed by atoms with Crippen molar-refractivity contribution in [1.29, 1.82) is 0 Å². The van der Waals surface area contributed by atoms with E-state index in [0.717, 1.165) is 5.92 Å². The van der Waals surface area contributed by atoms with Crippen LogP contribution in [-0.4, -0.2) is 20.2 Å². The molecule has 1 aromatic heterocycles. The lowest BCUT2D eigenvalue weighted by Crippen LogP contribution is -2.15. The lowest BCUT2D eigenvalue weighted by atomic mass is 10.0. The summed E-state index contributed by atoms with van der Waals surface area (Å²) in [5.74, 6) is 1.39. The zero-order valence-electron chi connectivity index (χ0n) is 7.05. The maximum absolute atomic E-state index is 5.07. The molecule has 0 amide bonds. The van der Waals surface area contributed by atoms with Gasteiger partial charge in [0.05, 0.1) is 6.04 Å². The molecule has 4 nitrogen and oxygen atoms in total. The Morgan fingerprint density at radius 1 is 1.46 bits per heavy atom. The normalized spacial score (nSPS) is 35.8. The van der Waals surface area contributed by atoms with Gasteiger partial charge in [-0.2, -0.15) is 5.21 Å². The molecule has 1 aromatic rings. The Bertz CT molecular complexity index is 404. The Morgan fingerprint density at radius 3 is 2.92 bits per heavy atom. The molecule has 1 fully saturated rings. The molecule has 2 bridgehead atoms. The van der Waals surface area contributed by atoms with E-state index in [1.54, 1.807) is 0 Å². The van der Waals surface area contributed by atoms with E-state index in [2.05, 4.69) is 27.7 Å². The molecule has 3 rings (SSSR count). The summed E-state index contributed by atoms with van der Waals surface area (Å²) in [5.41, 5.74) is 0. The maximum atomic E-state index is 5.07. The number of allylic oxidation sites excluding steroid dienone is 2. The molecule has 1 N–H and O–H groups in total. The van der Waals surface area contributed by atoms with Crippen LogP contribution in [0, 0.1) is 16.6 Å². The fourth-order valence-electron chi connectivity index (χ4n) is 2.47. The topological polar surface area (TPSA) is 46.5 Å². The van der Waals surface area contributed by atoms with E-state index in [0.29, 0.717) is 16.7 Å². The Labute approximate surface area is 80.6 Å². The number of tetrazole rings is 1. The standard InChI is InChI=1S/C8H10N4S/c13-8-9-10-11-12(8)7-4-5-1-2-6(7)3-5/h1-2,5-7H,3-4H2,(H,9,11,13)/t5-,6+,7-/m0/s1. The molecule has 13 heavy (non-hydrogen) atoms. The zero-order chi connectivity index (χ0) is 8.84. The van der Waals surface area contributed by atoms with Crippen LogP contribution in [0.3, 0.4) is 0 Å². The summed E-state index contributed by atoms with van der Waals surface area (Å²) < 4.78 is 2.50. The van der Waals surface area contributed by atoms with Crippen molar-refractivity contribution in [2.45, 2.75) is 18.9 Å². The number of aromatic amines is 1. The van der Waals surface area contributed by atoms with Crippen LogP contribution >= 0.6 is 12.2 Å². The van der Waals surface area contributed by atoms with Gasteiger partial charge >= 0.3 is 0 Å². The molecule has 1 heterocycles. The summed E-state index contributed by atoms with van der Waals surface area (Å²) in [5, 5.41) is 10.4. The SMILES string of the molecule is S=c1nn[nH]n1[C@H]1C[C@H]2C=C[C@@H]1C2. The summed E-state index contributed by atoms with van der Waals surface area (Å²) in [6.45, 7) is 0. The minimum absolute atomic E-state index is 0.470. The Morgan fingerprint density at radius 2 is 2.38 bits per heavy atom. The van der Waals surface area contributed by atoms with Crippen LogP contribution in [0.1, 0.15) is 18.9 Å². The highest BCUT2D eigenvalue weighted by Crippen LogP contribution is 2.45. The van der Waals surface area contributed by atoms with Gasteiger partial charge in [-0.25, -0.2) is 4.68 Å². The zero-order valence-corrected chi connectivity index (χ0v) is 7.87. The third-order valence-electron chi connectivity index (χ3n) is 3.07. The minimum atomic E-state index is 0.470. The van der Waals surface area contributed by atoms with Crippen LogP contribution in [0.15, 0.2) is 12.2 Å². The van der Waals surface area contributed by atoms with E-state index >= 15 is 0 Å². The number of nitrogens with one attached hydrogen (secondary N) is 1. The van der Waals surface area contributed by atoms with E-state index in [-0.39, 0.29) is 0 Å². The Kier molecular flexibility index (Phi) is 1.44. The number of hydrogen-bond donors (Lipinski definition) is 1. The van der Waals surface area contributed by atoms with Gasteiger partial charge in [0.25, 0.3) is 0 Å². The third-order valence-corrected chi connectivity index (χ3v) is 3.35. The average molecular weight is 194 g/mol. The van der Waals surface area contributed by atoms with Gasteiger partial charge < -0.3 is 0 Å². The number of nitrogens with zero attached hydrogens (tertiary/aromatic N) is 3. The molecule has 68 valence electrons. The Hall–Kier alpha value is -0.970. The number of hydrogen-bond acceptors (Lipinski definition) is 3. The van der Waals surface area contributed by atoms with E-state index in [9.17, 15) is 0 Å². The minimum Gasteiger partial charge on any atom is -0.239 e. The average Bonchev–Trinajstić information content (AvgIpc) is 2.77. The quantitative estimate of drug-likeness (QED) is 0.544. The highest BCUT2D eigenvalue weighted by molar-refractivity contribution is 7.71. The first-order chi connectivity index (χ1) is 6.34. The summed E-state index contributed by atoms with van der Waals surface area (Å²) >= 11 is 5.07. The van der Waals surface area contributed by atoms with Gasteiger partial charge in [0.15, 0.2) is 0 Å². The van der Waals surface area contributed by atoms with Gasteiger partial charge in [0, 0.05) is 0 Å². The molecule has 0 saturated heterocycles. The summed E-state index contributed by atoms with van der Waals surface area (Å²) in [7, 11) is 0. The lowest BCUT2D eigenvalue weighted by molar-refractivity contribution is 0.382. The van der Waals surface area contributed by atoms with Gasteiger partial charge in [-0.05, 0) is 36.9 Å². The van der Waals surface area contributed by atoms with Crippen molar-refractivity contribution >= 4 is 12.2 Å². The van der Waals surface area contributed by atoms with Gasteiger partial charge in [-0.15, -0.1) is 0 Å². The van der Waals surface area contributed by atoms with E-state index < -0.39 is 0 Å². The number of rotatable bonds is 1. The molecule has 2 aliphatic rings. The van der Waals surface area contributed by atoms with Crippen LogP contribution in [0.4, 0.5) is 0 Å². The first-order valence-electron chi connectivity index (χ1n) is 4.52. The van der Waals surface area contributed by atoms with Crippen molar-refractivity contribution in [2.24, 2.45) is 11.8 Å². The van der Waals surface area contributed by atoms with Crippen LogP contribution in [0.2, 0.25) is 0 Å². The smallest absolute Gasteiger partial charge is 0.238 e. The van der Waals surface area contributed by atoms with Crippen molar-refractivity contribution < 1.29 is 0 Å². The van der Waals surface area contributed by atoms with Gasteiger partial charge in [-0.1, -0.05) is 22.5 Å². The molecular weight excluding hydrogens is 184 g/mol. The van der Waals surface area contributed by atoms with Crippen molar-refractivity contribution in [3.63, 3.8) is 0 Å². The van der Waals surface area contributed by atoms with Crippen molar-refractivity contribution in [1.82, 2.24) is 20.2 Å². The summed E-state index contributed by atoms with van der Waals surface area (Å²) in [6, 6.07) is 0.470. The Balaban J connectivity index is 2.00. The monoisotopic (exact) mass is 194 g/mol. The van der Waals surface area contributed by atoms with Gasteiger partial charge in [0.2, 0.25) is 4.77 Å². The highest BCUT2D eigenvalue weighted by Gasteiger charge is 2.37. The van der Waals surface area contributed by atoms with Crippen LogP contribution in [-0.2, 0) is 0 Å². The molecular formula is C8H10N4S. The second-order valence-corrected chi connectivity index (χ2v) is 4.17. The van der Waals surface area contributed by atoms with Crippen LogP contribution in [0.5, 0.6) is 0 Å². The summed E-state index contributed by atoms with van der Waals surface area (Å²) in [4.78, 5) is 0. The molecule has 0 unspecified atom stereocenters. The third kappa shape index (κ3) is 0.997. The molecule has 3 atom stereocenters. The van der Waals surface area contributed by atoms with E-state index in [1.807, 2.05) is 4.68 Å².